The van der Waals surface area contributed by atoms with Gasteiger partial charge in [0.15, 0.2) is 5.72 Å². The molecule has 6 rings (SSSR count). The zero-order valence-corrected chi connectivity index (χ0v) is 18.5. The summed E-state index contributed by atoms with van der Waals surface area (Å²) in [6, 6.07) is 28.2. The van der Waals surface area contributed by atoms with Crippen molar-refractivity contribution in [2.24, 2.45) is 0 Å². The van der Waals surface area contributed by atoms with E-state index >= 15 is 0 Å². The Morgan fingerprint density at radius 2 is 1.62 bits per heavy atom. The van der Waals surface area contributed by atoms with E-state index in [2.05, 4.69) is 107 Å². The van der Waals surface area contributed by atoms with E-state index in [-0.39, 0.29) is 11.8 Å². The smallest absolute Gasteiger partial charge is 0.182 e. The van der Waals surface area contributed by atoms with E-state index in [1.165, 1.54) is 28.0 Å². The highest BCUT2D eigenvalue weighted by molar-refractivity contribution is 5.67. The Labute approximate surface area is 190 Å². The third kappa shape index (κ3) is 3.40. The molecule has 0 bridgehead atoms. The lowest BCUT2D eigenvalue weighted by Gasteiger charge is -2.51. The van der Waals surface area contributed by atoms with Gasteiger partial charge in [-0.2, -0.15) is 5.01 Å². The average molecular weight is 424 g/mol. The van der Waals surface area contributed by atoms with Crippen LogP contribution in [0.3, 0.4) is 0 Å². The fourth-order valence-electron chi connectivity index (χ4n) is 5.26. The molecule has 3 aromatic rings. The van der Waals surface area contributed by atoms with Gasteiger partial charge >= 0.3 is 0 Å². The Hall–Kier alpha value is -3.08. The standard InChI is InChI=1S/C28H29N3O/c1-21-11-13-23(14-12-21)25-19-26-24-9-5-6-10-27(24)32-28(31(26)29-25)15-17-30(18-16-28)20-22-7-3-2-4-8-22/h2-14,19,26,29H,15-18,20H2,1H3/t26-/m1/s1. The number of ether oxygens (including phenoxy) is 1. The van der Waals surface area contributed by atoms with Gasteiger partial charge in [0.1, 0.15) is 5.75 Å². The number of fused-ring (bicyclic) bond motifs is 4. The van der Waals surface area contributed by atoms with Crippen LogP contribution < -0.4 is 10.2 Å². The first-order valence-corrected chi connectivity index (χ1v) is 11.6. The van der Waals surface area contributed by atoms with Crippen molar-refractivity contribution in [3.8, 4) is 5.75 Å². The van der Waals surface area contributed by atoms with Crippen LogP contribution in [-0.4, -0.2) is 28.7 Å². The molecule has 0 radical (unpaired) electrons. The fraction of sp³-hybridized carbons (Fsp3) is 0.286. The van der Waals surface area contributed by atoms with Crippen LogP contribution in [0.5, 0.6) is 5.75 Å². The Morgan fingerprint density at radius 3 is 2.41 bits per heavy atom. The molecular formula is C28H29N3O. The normalized spacial score (nSPS) is 21.9. The molecule has 32 heavy (non-hydrogen) atoms. The number of para-hydroxylation sites is 1. The van der Waals surface area contributed by atoms with Gasteiger partial charge in [0, 0.05) is 38.0 Å². The second-order valence-corrected chi connectivity index (χ2v) is 9.22. The van der Waals surface area contributed by atoms with Crippen LogP contribution in [0.15, 0.2) is 84.9 Å². The van der Waals surface area contributed by atoms with Gasteiger partial charge in [-0.15, -0.1) is 0 Å². The van der Waals surface area contributed by atoms with Crippen LogP contribution in [0.4, 0.5) is 0 Å². The predicted octanol–water partition coefficient (Wildman–Crippen LogP) is 5.28. The van der Waals surface area contributed by atoms with E-state index in [0.29, 0.717) is 0 Å². The molecule has 3 aliphatic rings. The second kappa shape index (κ2) is 7.80. The van der Waals surface area contributed by atoms with Crippen molar-refractivity contribution in [3.63, 3.8) is 0 Å². The molecule has 1 N–H and O–H groups in total. The van der Waals surface area contributed by atoms with E-state index in [9.17, 15) is 0 Å². The van der Waals surface area contributed by atoms with Crippen LogP contribution >= 0.6 is 0 Å². The first kappa shape index (κ1) is 19.6. The van der Waals surface area contributed by atoms with Crippen LogP contribution in [0.25, 0.3) is 5.70 Å². The molecule has 1 atom stereocenters. The summed E-state index contributed by atoms with van der Waals surface area (Å²) in [5.74, 6) is 1.02. The first-order valence-electron chi connectivity index (χ1n) is 11.6. The lowest BCUT2D eigenvalue weighted by Crippen LogP contribution is -2.63. The average Bonchev–Trinajstić information content (AvgIpc) is 3.29. The van der Waals surface area contributed by atoms with Crippen LogP contribution in [0, 0.1) is 6.92 Å². The van der Waals surface area contributed by atoms with Crippen LogP contribution in [0.1, 0.15) is 41.1 Å². The van der Waals surface area contributed by atoms with E-state index in [0.717, 1.165) is 38.2 Å². The molecule has 0 saturated carbocycles. The summed E-state index contributed by atoms with van der Waals surface area (Å²) in [6.45, 7) is 5.16. The number of nitrogens with one attached hydrogen (secondary N) is 1. The molecular weight excluding hydrogens is 394 g/mol. The monoisotopic (exact) mass is 423 g/mol. The maximum absolute atomic E-state index is 6.78. The molecule has 3 aliphatic heterocycles. The summed E-state index contributed by atoms with van der Waals surface area (Å²) in [4.78, 5) is 2.55. The van der Waals surface area contributed by atoms with Crippen molar-refractivity contribution in [1.29, 1.82) is 0 Å². The Kier molecular flexibility index (Phi) is 4.78. The minimum atomic E-state index is -0.338. The summed E-state index contributed by atoms with van der Waals surface area (Å²) in [7, 11) is 0. The highest BCUT2D eigenvalue weighted by Crippen LogP contribution is 2.48. The summed E-state index contributed by atoms with van der Waals surface area (Å²) in [6.07, 6.45) is 4.30. The maximum atomic E-state index is 6.78. The van der Waals surface area contributed by atoms with E-state index < -0.39 is 0 Å². The van der Waals surface area contributed by atoms with Gasteiger partial charge < -0.3 is 10.2 Å². The predicted molar refractivity (Wildman–Crippen MR) is 128 cm³/mol. The number of aryl methyl sites for hydroxylation is 1. The lowest BCUT2D eigenvalue weighted by molar-refractivity contribution is -0.160. The van der Waals surface area contributed by atoms with Crippen molar-refractivity contribution in [1.82, 2.24) is 15.3 Å². The number of nitrogens with zero attached hydrogens (tertiary/aromatic N) is 2. The number of benzene rings is 3. The van der Waals surface area contributed by atoms with Gasteiger partial charge in [-0.25, -0.2) is 0 Å². The number of likely N-dealkylation sites (tertiary alicyclic amines) is 1. The Morgan fingerprint density at radius 1 is 0.906 bits per heavy atom. The van der Waals surface area contributed by atoms with E-state index in [1.807, 2.05) is 0 Å². The highest BCUT2D eigenvalue weighted by Gasteiger charge is 2.51. The molecule has 1 saturated heterocycles. The number of piperidine rings is 1. The maximum Gasteiger partial charge on any atom is 0.182 e. The molecule has 0 aliphatic carbocycles. The Bertz CT molecular complexity index is 1130. The molecule has 1 fully saturated rings. The van der Waals surface area contributed by atoms with Crippen molar-refractivity contribution >= 4 is 5.70 Å². The van der Waals surface area contributed by atoms with Crippen molar-refractivity contribution in [3.05, 3.63) is 107 Å². The van der Waals surface area contributed by atoms with Gasteiger partial charge in [-0.3, -0.25) is 4.90 Å². The SMILES string of the molecule is Cc1ccc(C2=C[C@@H]3c4ccccc4OC4(CCN(Cc5ccccc5)CC4)N3N2)cc1. The summed E-state index contributed by atoms with van der Waals surface area (Å²) < 4.78 is 6.78. The fourth-order valence-corrected chi connectivity index (χ4v) is 5.26. The van der Waals surface area contributed by atoms with Gasteiger partial charge in [0.05, 0.1) is 11.7 Å². The number of hydrogen-bond acceptors (Lipinski definition) is 4. The minimum absolute atomic E-state index is 0.178. The Balaban J connectivity index is 1.28. The van der Waals surface area contributed by atoms with Gasteiger partial charge in [-0.1, -0.05) is 78.4 Å². The molecule has 0 unspecified atom stereocenters. The van der Waals surface area contributed by atoms with Crippen molar-refractivity contribution < 1.29 is 4.74 Å². The highest BCUT2D eigenvalue weighted by atomic mass is 16.5. The van der Waals surface area contributed by atoms with Gasteiger partial charge in [0.25, 0.3) is 0 Å². The topological polar surface area (TPSA) is 27.7 Å². The molecule has 1 spiro atoms. The van der Waals surface area contributed by atoms with Gasteiger partial charge in [-0.05, 0) is 30.2 Å². The molecule has 3 heterocycles. The number of hydrazine groups is 1. The zero-order chi connectivity index (χ0) is 21.5. The summed E-state index contributed by atoms with van der Waals surface area (Å²) >= 11 is 0. The third-order valence-electron chi connectivity index (χ3n) is 7.07. The molecule has 0 aromatic heterocycles. The van der Waals surface area contributed by atoms with Crippen molar-refractivity contribution in [2.45, 2.75) is 38.1 Å². The van der Waals surface area contributed by atoms with Crippen LogP contribution in [0.2, 0.25) is 0 Å². The molecule has 0 amide bonds. The van der Waals surface area contributed by atoms with Gasteiger partial charge in [0.2, 0.25) is 0 Å². The number of rotatable bonds is 3. The quantitative estimate of drug-likeness (QED) is 0.620. The molecule has 162 valence electrons. The number of hydrogen-bond donors (Lipinski definition) is 1. The molecule has 4 heteroatoms. The molecule has 3 aromatic carbocycles. The molecule has 4 nitrogen and oxygen atoms in total. The lowest BCUT2D eigenvalue weighted by atomic mass is 9.92. The van der Waals surface area contributed by atoms with E-state index in [4.69, 9.17) is 4.74 Å². The second-order valence-electron chi connectivity index (χ2n) is 9.22. The summed E-state index contributed by atoms with van der Waals surface area (Å²) in [5.41, 5.74) is 9.69. The third-order valence-corrected chi connectivity index (χ3v) is 7.07. The first-order chi connectivity index (χ1) is 15.7. The van der Waals surface area contributed by atoms with Crippen molar-refractivity contribution in [2.75, 3.05) is 13.1 Å². The summed E-state index contributed by atoms with van der Waals surface area (Å²) in [5, 5.41) is 2.38. The largest absolute Gasteiger partial charge is 0.470 e. The van der Waals surface area contributed by atoms with Crippen LogP contribution in [-0.2, 0) is 6.54 Å². The zero-order valence-electron chi connectivity index (χ0n) is 18.5. The van der Waals surface area contributed by atoms with E-state index in [1.54, 1.807) is 0 Å². The minimum Gasteiger partial charge on any atom is -0.470 e.